The molecule has 0 saturated carbocycles. The van der Waals surface area contributed by atoms with E-state index in [1.165, 1.54) is 6.92 Å². The molecule has 0 spiro atoms. The second-order valence-corrected chi connectivity index (χ2v) is 4.80. The van der Waals surface area contributed by atoms with Crippen molar-refractivity contribution in [3.63, 3.8) is 0 Å². The first-order valence-corrected chi connectivity index (χ1v) is 5.61. The van der Waals surface area contributed by atoms with Gasteiger partial charge in [-0.05, 0) is 37.6 Å². The van der Waals surface area contributed by atoms with Crippen molar-refractivity contribution in [3.05, 3.63) is 29.8 Å². The van der Waals surface area contributed by atoms with Crippen molar-refractivity contribution in [1.82, 2.24) is 0 Å². The molecule has 0 aromatic heterocycles. The van der Waals surface area contributed by atoms with Gasteiger partial charge in [-0.1, -0.05) is 6.07 Å². The van der Waals surface area contributed by atoms with Crippen LogP contribution in [0.1, 0.15) is 12.5 Å². The Morgan fingerprint density at radius 2 is 2.21 bits per heavy atom. The standard InChI is InChI=1S/C9H12NO3S/c1-7-4-3-5-9(6-7)10-8(2)14(11,12)13/h3,5-6,8,10H,1-2H3,(H,11,12,13). The molecule has 2 N–H and O–H groups in total. The van der Waals surface area contributed by atoms with E-state index in [4.69, 9.17) is 4.55 Å². The van der Waals surface area contributed by atoms with Crippen molar-refractivity contribution in [2.75, 3.05) is 5.32 Å². The summed E-state index contributed by atoms with van der Waals surface area (Å²) in [6, 6.07) is 8.06. The average molecular weight is 214 g/mol. The lowest BCUT2D eigenvalue weighted by Gasteiger charge is -2.12. The first kappa shape index (κ1) is 11.0. The van der Waals surface area contributed by atoms with Crippen LogP contribution in [0, 0.1) is 13.0 Å². The molecular formula is C9H12NO3S. The maximum absolute atomic E-state index is 10.7. The zero-order valence-corrected chi connectivity index (χ0v) is 8.80. The van der Waals surface area contributed by atoms with Crippen molar-refractivity contribution in [1.29, 1.82) is 0 Å². The van der Waals surface area contributed by atoms with E-state index in [0.29, 0.717) is 5.69 Å². The number of hydrogen-bond donors (Lipinski definition) is 2. The fourth-order valence-electron chi connectivity index (χ4n) is 0.985. The van der Waals surface area contributed by atoms with Crippen LogP contribution in [0.3, 0.4) is 0 Å². The largest absolute Gasteiger partial charge is 0.367 e. The summed E-state index contributed by atoms with van der Waals surface area (Å²) in [6.07, 6.45) is 0. The fourth-order valence-corrected chi connectivity index (χ4v) is 1.27. The minimum atomic E-state index is -4.04. The first-order chi connectivity index (χ1) is 6.39. The minimum absolute atomic E-state index is 0.645. The van der Waals surface area contributed by atoms with Crippen molar-refractivity contribution in [3.8, 4) is 0 Å². The number of anilines is 1. The van der Waals surface area contributed by atoms with Crippen molar-refractivity contribution in [2.24, 2.45) is 0 Å². The molecule has 0 amide bonds. The van der Waals surface area contributed by atoms with Crippen LogP contribution in [0.15, 0.2) is 18.2 Å². The predicted octanol–water partition coefficient (Wildman–Crippen LogP) is 1.44. The summed E-state index contributed by atoms with van der Waals surface area (Å²) in [7, 11) is -4.04. The third-order valence-corrected chi connectivity index (χ3v) is 2.77. The molecule has 1 radical (unpaired) electrons. The highest BCUT2D eigenvalue weighted by molar-refractivity contribution is 7.86. The van der Waals surface area contributed by atoms with Gasteiger partial charge in [0, 0.05) is 5.69 Å². The highest BCUT2D eigenvalue weighted by Crippen LogP contribution is 2.11. The summed E-state index contributed by atoms with van der Waals surface area (Å²) < 4.78 is 30.1. The maximum atomic E-state index is 10.7. The van der Waals surface area contributed by atoms with E-state index in [1.807, 2.05) is 6.92 Å². The second kappa shape index (κ2) is 3.98. The smallest absolute Gasteiger partial charge is 0.285 e. The Hall–Kier alpha value is -1.07. The van der Waals surface area contributed by atoms with E-state index in [2.05, 4.69) is 11.4 Å². The summed E-state index contributed by atoms with van der Waals surface area (Å²) in [5.41, 5.74) is 1.55. The highest BCUT2D eigenvalue weighted by Gasteiger charge is 2.16. The van der Waals surface area contributed by atoms with Gasteiger partial charge in [0.1, 0.15) is 0 Å². The van der Waals surface area contributed by atoms with E-state index in [1.54, 1.807) is 18.2 Å². The maximum Gasteiger partial charge on any atom is 0.285 e. The van der Waals surface area contributed by atoms with E-state index in [0.717, 1.165) is 5.56 Å². The predicted molar refractivity (Wildman–Crippen MR) is 54.6 cm³/mol. The number of rotatable bonds is 3. The van der Waals surface area contributed by atoms with Crippen LogP contribution in [-0.2, 0) is 10.1 Å². The number of nitrogens with one attached hydrogen (secondary N) is 1. The molecule has 1 rings (SSSR count). The van der Waals surface area contributed by atoms with Crippen molar-refractivity contribution in [2.45, 2.75) is 19.2 Å². The van der Waals surface area contributed by atoms with Crippen LogP contribution in [0.4, 0.5) is 5.69 Å². The molecule has 4 nitrogen and oxygen atoms in total. The Morgan fingerprint density at radius 1 is 1.57 bits per heavy atom. The average Bonchev–Trinajstić information content (AvgIpc) is 2.02. The Bertz CT molecular complexity index is 414. The van der Waals surface area contributed by atoms with E-state index in [9.17, 15) is 8.42 Å². The van der Waals surface area contributed by atoms with Gasteiger partial charge in [-0.3, -0.25) is 4.55 Å². The summed E-state index contributed by atoms with van der Waals surface area (Å²) in [4.78, 5) is 0. The van der Waals surface area contributed by atoms with Gasteiger partial charge >= 0.3 is 0 Å². The molecule has 0 bridgehead atoms. The molecule has 0 fully saturated rings. The lowest BCUT2D eigenvalue weighted by Crippen LogP contribution is -2.25. The number of hydrogen-bond acceptors (Lipinski definition) is 3. The Morgan fingerprint density at radius 3 is 2.71 bits per heavy atom. The van der Waals surface area contributed by atoms with E-state index in [-0.39, 0.29) is 0 Å². The van der Waals surface area contributed by atoms with Gasteiger partial charge in [-0.25, -0.2) is 0 Å². The summed E-state index contributed by atoms with van der Waals surface area (Å²) in [5, 5.41) is 1.65. The molecule has 0 aliphatic rings. The SMILES string of the molecule is Cc1[c]ccc(NC(C)S(=O)(=O)O)c1. The molecular weight excluding hydrogens is 202 g/mol. The number of aryl methyl sites for hydroxylation is 1. The monoisotopic (exact) mass is 214 g/mol. The molecule has 0 aliphatic heterocycles. The van der Waals surface area contributed by atoms with Crippen molar-refractivity contribution >= 4 is 15.8 Å². The molecule has 1 aromatic carbocycles. The van der Waals surface area contributed by atoms with Gasteiger partial charge in [0.15, 0.2) is 5.37 Å². The third kappa shape index (κ3) is 3.01. The quantitative estimate of drug-likeness (QED) is 0.747. The minimum Gasteiger partial charge on any atom is -0.367 e. The van der Waals surface area contributed by atoms with E-state index < -0.39 is 15.5 Å². The number of benzene rings is 1. The summed E-state index contributed by atoms with van der Waals surface area (Å²) in [5.74, 6) is 0. The molecule has 0 saturated heterocycles. The normalized spacial score (nSPS) is 13.6. The lowest BCUT2D eigenvalue weighted by molar-refractivity contribution is 0.475. The highest BCUT2D eigenvalue weighted by atomic mass is 32.2. The van der Waals surface area contributed by atoms with Crippen LogP contribution >= 0.6 is 0 Å². The molecule has 1 unspecified atom stereocenters. The zero-order valence-electron chi connectivity index (χ0n) is 7.98. The van der Waals surface area contributed by atoms with Crippen molar-refractivity contribution < 1.29 is 13.0 Å². The molecule has 0 aliphatic carbocycles. The van der Waals surface area contributed by atoms with Gasteiger partial charge in [0.25, 0.3) is 10.1 Å². The van der Waals surface area contributed by atoms with Crippen LogP contribution in [0.2, 0.25) is 0 Å². The topological polar surface area (TPSA) is 66.4 Å². The molecule has 77 valence electrons. The van der Waals surface area contributed by atoms with Gasteiger partial charge in [0.05, 0.1) is 0 Å². The van der Waals surface area contributed by atoms with Crippen LogP contribution in [0.5, 0.6) is 0 Å². The lowest BCUT2D eigenvalue weighted by atomic mass is 10.2. The Labute approximate surface area is 83.7 Å². The third-order valence-electron chi connectivity index (χ3n) is 1.76. The zero-order chi connectivity index (χ0) is 10.8. The van der Waals surface area contributed by atoms with Crippen LogP contribution < -0.4 is 5.32 Å². The molecule has 14 heavy (non-hydrogen) atoms. The fraction of sp³-hybridized carbons (Fsp3) is 0.333. The van der Waals surface area contributed by atoms with Gasteiger partial charge in [-0.2, -0.15) is 8.42 Å². The molecule has 1 aromatic rings. The first-order valence-electron chi connectivity index (χ1n) is 4.11. The van der Waals surface area contributed by atoms with Gasteiger partial charge < -0.3 is 5.32 Å². The molecule has 1 atom stereocenters. The molecule has 0 heterocycles. The Kier molecular flexibility index (Phi) is 3.13. The van der Waals surface area contributed by atoms with Crippen LogP contribution in [0.25, 0.3) is 0 Å². The van der Waals surface area contributed by atoms with E-state index >= 15 is 0 Å². The Balaban J connectivity index is 2.80. The van der Waals surface area contributed by atoms with Gasteiger partial charge in [-0.15, -0.1) is 0 Å². The second-order valence-electron chi connectivity index (χ2n) is 3.06. The summed E-state index contributed by atoms with van der Waals surface area (Å²) in [6.45, 7) is 3.23. The van der Waals surface area contributed by atoms with Crippen LogP contribution in [-0.4, -0.2) is 18.3 Å². The summed E-state index contributed by atoms with van der Waals surface area (Å²) >= 11 is 0. The van der Waals surface area contributed by atoms with Gasteiger partial charge in [0.2, 0.25) is 0 Å². The molecule has 5 heteroatoms.